The number of anilines is 1. The number of hydrogen-bond donors (Lipinski definition) is 2. The molecule has 1 amide bonds. The molecule has 0 spiro atoms. The molecule has 1 aromatic heterocycles. The fourth-order valence-corrected chi connectivity index (χ4v) is 4.20. The van der Waals surface area contributed by atoms with E-state index in [0.717, 1.165) is 42.9 Å². The number of nitrogens with two attached hydrogens (primary N) is 1. The van der Waals surface area contributed by atoms with Gasteiger partial charge in [0.1, 0.15) is 5.82 Å². The van der Waals surface area contributed by atoms with E-state index in [1.165, 1.54) is 0 Å². The minimum atomic E-state index is -4.56. The molecule has 3 N–H and O–H groups in total. The Morgan fingerprint density at radius 2 is 1.93 bits per heavy atom. The van der Waals surface area contributed by atoms with Crippen molar-refractivity contribution in [1.82, 2.24) is 4.98 Å². The molecule has 0 saturated heterocycles. The first-order valence-electron chi connectivity index (χ1n) is 9.52. The molecule has 156 valence electrons. The van der Waals surface area contributed by atoms with Crippen molar-refractivity contribution in [1.29, 1.82) is 0 Å². The fraction of sp³-hybridized carbons (Fsp3) is 0.429. The van der Waals surface area contributed by atoms with Crippen LogP contribution in [0.4, 0.5) is 19.0 Å². The van der Waals surface area contributed by atoms with Gasteiger partial charge in [0.2, 0.25) is 5.91 Å². The van der Waals surface area contributed by atoms with Gasteiger partial charge in [-0.3, -0.25) is 4.79 Å². The molecule has 1 aliphatic rings. The molecular weight excluding hydrogens is 403 g/mol. The lowest BCUT2D eigenvalue weighted by atomic mass is 9.78. The van der Waals surface area contributed by atoms with Crippen LogP contribution in [0.15, 0.2) is 30.5 Å². The van der Waals surface area contributed by atoms with E-state index in [1.54, 1.807) is 6.20 Å². The van der Waals surface area contributed by atoms with Crippen LogP contribution in [0, 0.1) is 12.8 Å². The average molecular weight is 426 g/mol. The molecule has 0 aliphatic heterocycles. The highest BCUT2D eigenvalue weighted by Crippen LogP contribution is 2.42. The molecule has 8 heteroatoms. The van der Waals surface area contributed by atoms with E-state index in [1.807, 2.05) is 19.1 Å². The SMILES string of the molecule is Cc1ccnc(NCC2CCC(c3cc(C(F)(F)F)cc(C(N)=O)c3Cl)CC2)c1. The Morgan fingerprint density at radius 1 is 1.24 bits per heavy atom. The van der Waals surface area contributed by atoms with Gasteiger partial charge in [-0.2, -0.15) is 13.2 Å². The highest BCUT2D eigenvalue weighted by molar-refractivity contribution is 6.34. The highest BCUT2D eigenvalue weighted by atomic mass is 35.5. The number of carbonyl (C=O) groups is 1. The Hall–Kier alpha value is -2.28. The van der Waals surface area contributed by atoms with Crippen molar-refractivity contribution < 1.29 is 18.0 Å². The number of hydrogen-bond acceptors (Lipinski definition) is 3. The van der Waals surface area contributed by atoms with Crippen molar-refractivity contribution in [2.75, 3.05) is 11.9 Å². The smallest absolute Gasteiger partial charge is 0.370 e. The first-order valence-corrected chi connectivity index (χ1v) is 9.90. The van der Waals surface area contributed by atoms with Gasteiger partial charge in [0, 0.05) is 12.7 Å². The molecule has 29 heavy (non-hydrogen) atoms. The third-order valence-electron chi connectivity index (χ3n) is 5.47. The second-order valence-corrected chi connectivity index (χ2v) is 7.98. The second-order valence-electron chi connectivity index (χ2n) is 7.61. The van der Waals surface area contributed by atoms with Gasteiger partial charge in [-0.1, -0.05) is 11.6 Å². The number of nitrogens with one attached hydrogen (secondary N) is 1. The van der Waals surface area contributed by atoms with Gasteiger partial charge in [-0.25, -0.2) is 4.98 Å². The summed E-state index contributed by atoms with van der Waals surface area (Å²) in [5.41, 5.74) is 5.57. The van der Waals surface area contributed by atoms with Gasteiger partial charge in [0.05, 0.1) is 16.1 Å². The number of benzene rings is 1. The molecule has 2 aromatic rings. The number of rotatable bonds is 5. The van der Waals surface area contributed by atoms with Crippen molar-refractivity contribution >= 4 is 23.3 Å². The molecule has 3 rings (SSSR count). The topological polar surface area (TPSA) is 68.0 Å². The van der Waals surface area contributed by atoms with E-state index in [2.05, 4.69) is 10.3 Å². The lowest BCUT2D eigenvalue weighted by Gasteiger charge is -2.30. The van der Waals surface area contributed by atoms with Crippen molar-refractivity contribution in [3.05, 3.63) is 57.7 Å². The van der Waals surface area contributed by atoms with Crippen LogP contribution in [0.3, 0.4) is 0 Å². The summed E-state index contributed by atoms with van der Waals surface area (Å²) in [4.78, 5) is 15.9. The first kappa shape index (κ1) is 21.4. The van der Waals surface area contributed by atoms with Crippen molar-refractivity contribution in [2.24, 2.45) is 11.7 Å². The standard InChI is InChI=1S/C21H23ClF3N3O/c1-12-6-7-27-18(8-12)28-11-13-2-4-14(5-3-13)16-9-15(21(23,24)25)10-17(19(16)22)20(26)29/h6-10,13-14H,2-5,11H2,1H3,(H2,26,29)(H,27,28). The summed E-state index contributed by atoms with van der Waals surface area (Å²) in [5.74, 6) is 0.134. The molecule has 0 atom stereocenters. The first-order chi connectivity index (χ1) is 13.6. The molecule has 0 unspecified atom stereocenters. The quantitative estimate of drug-likeness (QED) is 0.660. The Morgan fingerprint density at radius 3 is 2.52 bits per heavy atom. The minimum absolute atomic E-state index is 0.0380. The van der Waals surface area contributed by atoms with Gasteiger partial charge in [0.15, 0.2) is 0 Å². The fourth-order valence-electron chi connectivity index (χ4n) is 3.85. The van der Waals surface area contributed by atoms with Crippen LogP contribution in [0.2, 0.25) is 5.02 Å². The second kappa shape index (κ2) is 8.61. The molecule has 1 aromatic carbocycles. The molecule has 1 aliphatic carbocycles. The van der Waals surface area contributed by atoms with Crippen LogP contribution in [-0.2, 0) is 6.18 Å². The number of aromatic nitrogens is 1. The van der Waals surface area contributed by atoms with Crippen LogP contribution < -0.4 is 11.1 Å². The zero-order valence-corrected chi connectivity index (χ0v) is 16.8. The molecule has 0 bridgehead atoms. The summed E-state index contributed by atoms with van der Waals surface area (Å²) in [7, 11) is 0. The third kappa shape index (κ3) is 5.21. The number of amides is 1. The largest absolute Gasteiger partial charge is 0.416 e. The number of nitrogens with zero attached hydrogens (tertiary/aromatic N) is 1. The molecule has 0 radical (unpaired) electrons. The summed E-state index contributed by atoms with van der Waals surface area (Å²) in [6.45, 7) is 2.75. The average Bonchev–Trinajstić information content (AvgIpc) is 2.66. The van der Waals surface area contributed by atoms with E-state index in [-0.39, 0.29) is 16.5 Å². The Bertz CT molecular complexity index is 893. The number of halogens is 4. The predicted molar refractivity (Wildman–Crippen MR) is 107 cm³/mol. The maximum atomic E-state index is 13.3. The summed E-state index contributed by atoms with van der Waals surface area (Å²) in [5, 5.41) is 3.37. The van der Waals surface area contributed by atoms with Gasteiger partial charge >= 0.3 is 6.18 Å². The lowest BCUT2D eigenvalue weighted by molar-refractivity contribution is -0.137. The van der Waals surface area contributed by atoms with Crippen molar-refractivity contribution in [3.8, 4) is 0 Å². The van der Waals surface area contributed by atoms with Gasteiger partial charge in [0.25, 0.3) is 0 Å². The summed E-state index contributed by atoms with van der Waals surface area (Å²) < 4.78 is 39.8. The third-order valence-corrected chi connectivity index (χ3v) is 5.89. The summed E-state index contributed by atoms with van der Waals surface area (Å²) in [6.07, 6.45) is 0.287. The molecule has 1 saturated carbocycles. The Labute approximate surface area is 172 Å². The lowest BCUT2D eigenvalue weighted by Crippen LogP contribution is -2.22. The highest BCUT2D eigenvalue weighted by Gasteiger charge is 2.34. The summed E-state index contributed by atoms with van der Waals surface area (Å²) in [6, 6.07) is 5.70. The zero-order valence-electron chi connectivity index (χ0n) is 16.0. The number of pyridine rings is 1. The van der Waals surface area contributed by atoms with E-state index in [4.69, 9.17) is 17.3 Å². The van der Waals surface area contributed by atoms with Crippen LogP contribution in [0.5, 0.6) is 0 Å². The Balaban J connectivity index is 1.70. The normalized spacial score (nSPS) is 19.8. The maximum Gasteiger partial charge on any atom is 0.416 e. The van der Waals surface area contributed by atoms with Crippen LogP contribution in [0.25, 0.3) is 0 Å². The Kier molecular flexibility index (Phi) is 6.36. The van der Waals surface area contributed by atoms with Gasteiger partial charge < -0.3 is 11.1 Å². The monoisotopic (exact) mass is 425 g/mol. The number of primary amides is 1. The van der Waals surface area contributed by atoms with Crippen LogP contribution >= 0.6 is 11.6 Å². The zero-order chi connectivity index (χ0) is 21.2. The van der Waals surface area contributed by atoms with Crippen LogP contribution in [0.1, 0.15) is 58.6 Å². The van der Waals surface area contributed by atoms with Crippen LogP contribution in [-0.4, -0.2) is 17.4 Å². The summed E-state index contributed by atoms with van der Waals surface area (Å²) >= 11 is 6.26. The predicted octanol–water partition coefficient (Wildman–Crippen LogP) is 5.55. The maximum absolute atomic E-state index is 13.3. The number of alkyl halides is 3. The number of aryl methyl sites for hydroxylation is 1. The number of carbonyl (C=O) groups excluding carboxylic acids is 1. The van der Waals surface area contributed by atoms with Crippen molar-refractivity contribution in [2.45, 2.75) is 44.7 Å². The van der Waals surface area contributed by atoms with E-state index in [9.17, 15) is 18.0 Å². The van der Waals surface area contributed by atoms with Crippen molar-refractivity contribution in [3.63, 3.8) is 0 Å². The van der Waals surface area contributed by atoms with Gasteiger partial charge in [-0.15, -0.1) is 0 Å². The molecule has 1 fully saturated rings. The minimum Gasteiger partial charge on any atom is -0.370 e. The van der Waals surface area contributed by atoms with E-state index in [0.29, 0.717) is 24.3 Å². The molecular formula is C21H23ClF3N3O. The van der Waals surface area contributed by atoms with Gasteiger partial charge in [-0.05, 0) is 79.8 Å². The molecule has 4 nitrogen and oxygen atoms in total. The van der Waals surface area contributed by atoms with E-state index < -0.39 is 17.6 Å². The van der Waals surface area contributed by atoms with E-state index >= 15 is 0 Å². The molecule has 1 heterocycles.